The maximum Gasteiger partial charge on any atom is 0.161 e. The van der Waals surface area contributed by atoms with Gasteiger partial charge < -0.3 is 33.7 Å². The van der Waals surface area contributed by atoms with E-state index in [0.717, 1.165) is 73.3 Å². The van der Waals surface area contributed by atoms with Crippen molar-refractivity contribution in [3.63, 3.8) is 0 Å². The molecule has 0 aliphatic carbocycles. The Morgan fingerprint density at radius 2 is 1.06 bits per heavy atom. The van der Waals surface area contributed by atoms with Gasteiger partial charge in [-0.15, -0.1) is 0 Å². The Balaban J connectivity index is 0.000000185. The van der Waals surface area contributed by atoms with Gasteiger partial charge in [0.1, 0.15) is 11.5 Å². The number of hydrogen-bond donors (Lipinski definition) is 1. The van der Waals surface area contributed by atoms with Crippen LogP contribution in [0.3, 0.4) is 0 Å². The number of methoxy groups -OCH3 is 6. The quantitative estimate of drug-likeness (QED) is 0.173. The number of nitrogens with one attached hydrogen (secondary N) is 1. The van der Waals surface area contributed by atoms with Gasteiger partial charge in [-0.2, -0.15) is 0 Å². The van der Waals surface area contributed by atoms with Gasteiger partial charge in [0.15, 0.2) is 23.0 Å². The van der Waals surface area contributed by atoms with Gasteiger partial charge in [0, 0.05) is 34.8 Å². The molecule has 0 bridgehead atoms. The van der Waals surface area contributed by atoms with Crippen molar-refractivity contribution in [1.82, 2.24) is 9.24 Å². The Hall–Kier alpha value is -3.92. The highest BCUT2D eigenvalue weighted by atomic mass is 79.9. The van der Waals surface area contributed by atoms with E-state index >= 15 is 0 Å². The van der Waals surface area contributed by atoms with Crippen LogP contribution in [-0.2, 0) is 25.7 Å². The van der Waals surface area contributed by atoms with E-state index in [9.17, 15) is 0 Å². The molecule has 0 amide bonds. The smallest absolute Gasteiger partial charge is 0.161 e. The summed E-state index contributed by atoms with van der Waals surface area (Å²) in [6, 6.07) is 25.5. The summed E-state index contributed by atoms with van der Waals surface area (Å²) in [5.74, 6) is 4.93. The van der Waals surface area contributed by atoms with Crippen LogP contribution in [0.5, 0.6) is 34.5 Å². The lowest BCUT2D eigenvalue weighted by Gasteiger charge is -2.33. The highest BCUT2D eigenvalue weighted by molar-refractivity contribution is 9.07. The molecule has 2 atom stereocenters. The lowest BCUT2D eigenvalue weighted by atomic mass is 9.90. The van der Waals surface area contributed by atoms with Gasteiger partial charge in [-0.25, -0.2) is 3.93 Å². The monoisotopic (exact) mass is 704 g/mol. The molecule has 0 aromatic heterocycles. The van der Waals surface area contributed by atoms with Gasteiger partial charge in [0.05, 0.1) is 42.7 Å². The third-order valence-corrected chi connectivity index (χ3v) is 9.78. The molecule has 0 radical (unpaired) electrons. The molecule has 9 heteroatoms. The van der Waals surface area contributed by atoms with Crippen molar-refractivity contribution in [1.29, 1.82) is 0 Å². The van der Waals surface area contributed by atoms with Crippen molar-refractivity contribution in [2.45, 2.75) is 37.8 Å². The average molecular weight is 706 g/mol. The third-order valence-electron chi connectivity index (χ3n) is 8.93. The minimum absolute atomic E-state index is 0.252. The summed E-state index contributed by atoms with van der Waals surface area (Å²) in [6.07, 6.45) is 3.85. The standard InChI is InChI=1S/C19H22BrNO3.C19H23NO3/c1-22-15-6-4-13(5-7-15)10-17-16-12-19(24-3)18(23-2)11-14(16)8-9-21(17)20;1-21-15-6-4-13(5-7-15)10-17-16-12-19(23-3)18(22-2)11-14(16)8-9-20-17/h4-7,11-12,17H,8-10H2,1-3H3;4-7,11-12,17,20H,8-10H2,1-3H3/t2*17-/m00/s1. The molecule has 250 valence electrons. The van der Waals surface area contributed by atoms with E-state index in [2.05, 4.69) is 73.9 Å². The molecular formula is C38H45BrN2O6. The highest BCUT2D eigenvalue weighted by Gasteiger charge is 2.28. The van der Waals surface area contributed by atoms with E-state index in [1.807, 2.05) is 24.3 Å². The van der Waals surface area contributed by atoms with Gasteiger partial charge in [0.25, 0.3) is 0 Å². The summed E-state index contributed by atoms with van der Waals surface area (Å²) >= 11 is 3.73. The maximum absolute atomic E-state index is 5.49. The van der Waals surface area contributed by atoms with Crippen LogP contribution >= 0.6 is 16.1 Å². The van der Waals surface area contributed by atoms with Crippen molar-refractivity contribution in [2.75, 3.05) is 55.7 Å². The number of hydrogen-bond acceptors (Lipinski definition) is 8. The number of benzene rings is 4. The first-order chi connectivity index (χ1) is 22.9. The summed E-state index contributed by atoms with van der Waals surface area (Å²) in [4.78, 5) is 0. The maximum atomic E-state index is 5.49. The van der Waals surface area contributed by atoms with Gasteiger partial charge in [-0.1, -0.05) is 24.3 Å². The molecule has 0 spiro atoms. The zero-order valence-electron chi connectivity index (χ0n) is 28.1. The Morgan fingerprint density at radius 3 is 1.57 bits per heavy atom. The number of fused-ring (bicyclic) bond motifs is 2. The second-order valence-electron chi connectivity index (χ2n) is 11.6. The molecule has 4 aromatic rings. The van der Waals surface area contributed by atoms with E-state index < -0.39 is 0 Å². The molecule has 2 aliphatic heterocycles. The van der Waals surface area contributed by atoms with Gasteiger partial charge >= 0.3 is 0 Å². The van der Waals surface area contributed by atoms with Crippen LogP contribution in [0.25, 0.3) is 0 Å². The van der Waals surface area contributed by atoms with Crippen LogP contribution in [0.15, 0.2) is 72.8 Å². The van der Waals surface area contributed by atoms with Crippen LogP contribution in [0.4, 0.5) is 0 Å². The minimum atomic E-state index is 0.252. The van der Waals surface area contributed by atoms with Crippen LogP contribution < -0.4 is 33.7 Å². The summed E-state index contributed by atoms with van der Waals surface area (Å²) in [6.45, 7) is 1.94. The van der Waals surface area contributed by atoms with Crippen molar-refractivity contribution in [3.05, 3.63) is 106 Å². The van der Waals surface area contributed by atoms with Crippen LogP contribution in [0, 0.1) is 0 Å². The lowest BCUT2D eigenvalue weighted by Crippen LogP contribution is -2.31. The molecule has 0 saturated heterocycles. The normalized spacial score (nSPS) is 16.9. The van der Waals surface area contributed by atoms with Crippen LogP contribution in [0.1, 0.15) is 45.5 Å². The zero-order valence-corrected chi connectivity index (χ0v) is 29.7. The van der Waals surface area contributed by atoms with E-state index in [1.54, 1.807) is 42.7 Å². The first-order valence-electron chi connectivity index (χ1n) is 15.8. The fraction of sp³-hybridized carbons (Fsp3) is 0.368. The zero-order chi connectivity index (χ0) is 33.3. The fourth-order valence-electron chi connectivity index (χ4n) is 6.34. The molecule has 47 heavy (non-hydrogen) atoms. The second kappa shape index (κ2) is 16.3. The second-order valence-corrected chi connectivity index (χ2v) is 12.5. The van der Waals surface area contributed by atoms with Crippen LogP contribution in [-0.4, -0.2) is 59.7 Å². The predicted molar refractivity (Wildman–Crippen MR) is 189 cm³/mol. The lowest BCUT2D eigenvalue weighted by molar-refractivity contribution is 0.334. The number of halogens is 1. The van der Waals surface area contributed by atoms with Crippen LogP contribution in [0.2, 0.25) is 0 Å². The SMILES string of the molecule is COc1ccc(C[C@@H]2NCCc3cc(OC)c(OC)cc32)cc1.COc1ccc(C[C@H]2c3cc(OC)c(OC)cc3CCN2Br)cc1. The highest BCUT2D eigenvalue weighted by Crippen LogP contribution is 2.41. The Labute approximate surface area is 287 Å². The molecule has 2 aliphatic rings. The summed E-state index contributed by atoms with van der Waals surface area (Å²) in [5, 5.41) is 3.61. The number of nitrogens with zero attached hydrogens (tertiary/aromatic N) is 1. The van der Waals surface area contributed by atoms with Crippen molar-refractivity contribution in [2.24, 2.45) is 0 Å². The summed E-state index contributed by atoms with van der Waals surface area (Å²) in [5.41, 5.74) is 7.79. The van der Waals surface area contributed by atoms with Gasteiger partial charge in [-0.05, 0) is 114 Å². The minimum Gasteiger partial charge on any atom is -0.497 e. The predicted octanol–water partition coefficient (Wildman–Crippen LogP) is 7.31. The number of rotatable bonds is 10. The van der Waals surface area contributed by atoms with Crippen molar-refractivity contribution >= 4 is 16.1 Å². The summed E-state index contributed by atoms with van der Waals surface area (Å²) in [7, 11) is 10.1. The first kappa shape index (κ1) is 34.4. The topological polar surface area (TPSA) is 70.7 Å². The molecule has 0 unspecified atom stereocenters. The number of ether oxygens (including phenoxy) is 6. The molecule has 0 saturated carbocycles. The van der Waals surface area contributed by atoms with Crippen molar-refractivity contribution in [3.8, 4) is 34.5 Å². The Bertz CT molecular complexity index is 1610. The third kappa shape index (κ3) is 8.15. The molecule has 1 N–H and O–H groups in total. The molecule has 8 nitrogen and oxygen atoms in total. The first-order valence-corrected chi connectivity index (χ1v) is 16.5. The Morgan fingerprint density at radius 1 is 0.596 bits per heavy atom. The fourth-order valence-corrected chi connectivity index (χ4v) is 6.88. The molecule has 6 rings (SSSR count). The van der Waals surface area contributed by atoms with E-state index in [4.69, 9.17) is 28.4 Å². The van der Waals surface area contributed by atoms with Gasteiger partial charge in [0.2, 0.25) is 0 Å². The summed E-state index contributed by atoms with van der Waals surface area (Å²) < 4.78 is 34.5. The van der Waals surface area contributed by atoms with Gasteiger partial charge in [-0.3, -0.25) is 0 Å². The van der Waals surface area contributed by atoms with E-state index in [1.165, 1.54) is 33.4 Å². The largest absolute Gasteiger partial charge is 0.497 e. The van der Waals surface area contributed by atoms with E-state index in [-0.39, 0.29) is 12.1 Å². The molecule has 2 heterocycles. The average Bonchev–Trinajstić information content (AvgIpc) is 3.12. The molecule has 0 fully saturated rings. The molecule has 4 aromatic carbocycles. The molecular weight excluding hydrogens is 660 g/mol. The Kier molecular flexibility index (Phi) is 11.9. The van der Waals surface area contributed by atoms with E-state index in [0.29, 0.717) is 0 Å². The van der Waals surface area contributed by atoms with Crippen molar-refractivity contribution < 1.29 is 28.4 Å².